The highest BCUT2D eigenvalue weighted by Crippen LogP contribution is 2.33. The number of ether oxygens (including phenoxy) is 1. The van der Waals surface area contributed by atoms with Crippen LogP contribution in [0.4, 0.5) is 0 Å². The van der Waals surface area contributed by atoms with Gasteiger partial charge in [0.15, 0.2) is 0 Å². The molecule has 78 valence electrons. The van der Waals surface area contributed by atoms with E-state index in [-0.39, 0.29) is 6.61 Å². The number of rotatable bonds is 3. The summed E-state index contributed by atoms with van der Waals surface area (Å²) in [5.41, 5.74) is -0.630. The molecule has 0 atom stereocenters. The number of esters is 1. The van der Waals surface area contributed by atoms with Gasteiger partial charge in [-0.3, -0.25) is 9.36 Å². The van der Waals surface area contributed by atoms with Gasteiger partial charge in [0, 0.05) is 0 Å². The summed E-state index contributed by atoms with van der Waals surface area (Å²) in [7, 11) is -4.05. The van der Waals surface area contributed by atoms with Crippen LogP contribution < -0.4 is 0 Å². The van der Waals surface area contributed by atoms with Crippen molar-refractivity contribution in [3.63, 3.8) is 0 Å². The molecule has 0 saturated heterocycles. The van der Waals surface area contributed by atoms with Crippen molar-refractivity contribution in [3.05, 3.63) is 0 Å². The standard InChI is InChI=1S/C7H15O5P/c1-7(2,3)6(8)12-4-5-13(9,10)11/h4-5H2,1-3H3,(H2,9,10,11). The minimum Gasteiger partial charge on any atom is -0.465 e. The first kappa shape index (κ1) is 12.6. The normalized spacial score (nSPS) is 12.7. The molecule has 0 aliphatic rings. The maximum Gasteiger partial charge on any atom is 0.328 e. The summed E-state index contributed by atoms with van der Waals surface area (Å²) in [5, 5.41) is 0. The van der Waals surface area contributed by atoms with Gasteiger partial charge in [0.05, 0.1) is 11.6 Å². The van der Waals surface area contributed by atoms with Gasteiger partial charge in [0.2, 0.25) is 0 Å². The average molecular weight is 210 g/mol. The lowest BCUT2D eigenvalue weighted by Crippen LogP contribution is -2.24. The predicted molar refractivity (Wildman–Crippen MR) is 47.3 cm³/mol. The van der Waals surface area contributed by atoms with Gasteiger partial charge in [0.25, 0.3) is 0 Å². The molecule has 6 heteroatoms. The second kappa shape index (κ2) is 4.22. The van der Waals surface area contributed by atoms with Crippen molar-refractivity contribution in [1.82, 2.24) is 0 Å². The average Bonchev–Trinajstić information content (AvgIpc) is 1.82. The zero-order valence-corrected chi connectivity index (χ0v) is 8.88. The second-order valence-electron chi connectivity index (χ2n) is 3.77. The molecular formula is C7H15O5P. The first-order valence-electron chi connectivity index (χ1n) is 3.85. The summed E-state index contributed by atoms with van der Waals surface area (Å²) in [6, 6.07) is 0. The Morgan fingerprint density at radius 3 is 2.15 bits per heavy atom. The Hall–Kier alpha value is -0.380. The highest BCUT2D eigenvalue weighted by Gasteiger charge is 2.24. The van der Waals surface area contributed by atoms with Crippen LogP contribution >= 0.6 is 7.60 Å². The van der Waals surface area contributed by atoms with Crippen molar-refractivity contribution in [1.29, 1.82) is 0 Å². The number of carbonyl (C=O) groups excluding carboxylic acids is 1. The molecule has 0 fully saturated rings. The van der Waals surface area contributed by atoms with E-state index in [4.69, 9.17) is 9.79 Å². The maximum absolute atomic E-state index is 11.1. The molecule has 2 N–H and O–H groups in total. The molecule has 0 aliphatic heterocycles. The van der Waals surface area contributed by atoms with Gasteiger partial charge in [-0.05, 0) is 20.8 Å². The fourth-order valence-electron chi connectivity index (χ4n) is 0.474. The van der Waals surface area contributed by atoms with Crippen LogP contribution in [0.5, 0.6) is 0 Å². The van der Waals surface area contributed by atoms with Gasteiger partial charge in [-0.2, -0.15) is 0 Å². The molecule has 0 saturated carbocycles. The van der Waals surface area contributed by atoms with Crippen molar-refractivity contribution in [2.24, 2.45) is 5.41 Å². The Kier molecular flexibility index (Phi) is 4.10. The lowest BCUT2D eigenvalue weighted by Gasteiger charge is -2.16. The van der Waals surface area contributed by atoms with Crippen LogP contribution in [-0.4, -0.2) is 28.5 Å². The molecule has 0 rings (SSSR count). The molecule has 0 aliphatic carbocycles. The molecule has 0 aromatic rings. The van der Waals surface area contributed by atoms with E-state index in [2.05, 4.69) is 4.74 Å². The summed E-state index contributed by atoms with van der Waals surface area (Å²) >= 11 is 0. The molecule has 0 spiro atoms. The highest BCUT2D eigenvalue weighted by atomic mass is 31.2. The van der Waals surface area contributed by atoms with E-state index in [1.165, 1.54) is 0 Å². The van der Waals surface area contributed by atoms with Crippen molar-refractivity contribution < 1.29 is 23.9 Å². The molecule has 0 heterocycles. The Morgan fingerprint density at radius 1 is 1.38 bits per heavy atom. The van der Waals surface area contributed by atoms with Crippen molar-refractivity contribution in [2.45, 2.75) is 20.8 Å². The van der Waals surface area contributed by atoms with Gasteiger partial charge in [-0.15, -0.1) is 0 Å². The summed E-state index contributed by atoms with van der Waals surface area (Å²) in [6.45, 7) is 4.78. The van der Waals surface area contributed by atoms with E-state index in [1.54, 1.807) is 20.8 Å². The van der Waals surface area contributed by atoms with Crippen LogP contribution in [0.3, 0.4) is 0 Å². The SMILES string of the molecule is CC(C)(C)C(=O)OCCP(=O)(O)O. The minimum absolute atomic E-state index is 0.236. The Labute approximate surface area is 77.3 Å². The quantitative estimate of drug-likeness (QED) is 0.530. The zero-order valence-electron chi connectivity index (χ0n) is 7.98. The molecule has 5 nitrogen and oxygen atoms in total. The van der Waals surface area contributed by atoms with Crippen molar-refractivity contribution in [3.8, 4) is 0 Å². The molecular weight excluding hydrogens is 195 g/mol. The molecule has 0 aromatic carbocycles. The smallest absolute Gasteiger partial charge is 0.328 e. The van der Waals surface area contributed by atoms with E-state index in [1.807, 2.05) is 0 Å². The van der Waals surface area contributed by atoms with Gasteiger partial charge < -0.3 is 14.5 Å². The second-order valence-corrected chi connectivity index (χ2v) is 5.55. The third-order valence-corrected chi connectivity index (χ3v) is 1.99. The molecule has 0 bridgehead atoms. The van der Waals surface area contributed by atoms with Gasteiger partial charge >= 0.3 is 13.6 Å². The molecule has 0 radical (unpaired) electrons. The Bertz CT molecular complexity index is 224. The van der Waals surface area contributed by atoms with Crippen LogP contribution in [-0.2, 0) is 14.1 Å². The predicted octanol–water partition coefficient (Wildman–Crippen LogP) is 0.753. The minimum atomic E-state index is -4.05. The first-order chi connectivity index (χ1) is 5.63. The van der Waals surface area contributed by atoms with Crippen LogP contribution in [0, 0.1) is 5.41 Å². The highest BCUT2D eigenvalue weighted by molar-refractivity contribution is 7.51. The third-order valence-electron chi connectivity index (χ3n) is 1.23. The lowest BCUT2D eigenvalue weighted by molar-refractivity contribution is -0.152. The van der Waals surface area contributed by atoms with Crippen LogP contribution in [0.15, 0.2) is 0 Å². The van der Waals surface area contributed by atoms with Gasteiger partial charge in [-0.25, -0.2) is 0 Å². The lowest BCUT2D eigenvalue weighted by atomic mass is 9.97. The number of hydrogen-bond acceptors (Lipinski definition) is 3. The fraction of sp³-hybridized carbons (Fsp3) is 0.857. The van der Waals surface area contributed by atoms with E-state index in [0.717, 1.165) is 0 Å². The monoisotopic (exact) mass is 210 g/mol. The third kappa shape index (κ3) is 6.75. The van der Waals surface area contributed by atoms with E-state index in [0.29, 0.717) is 0 Å². The number of carbonyl (C=O) groups is 1. The maximum atomic E-state index is 11.1. The van der Waals surface area contributed by atoms with Crippen molar-refractivity contribution >= 4 is 13.6 Å². The van der Waals surface area contributed by atoms with E-state index in [9.17, 15) is 9.36 Å². The van der Waals surface area contributed by atoms with Gasteiger partial charge in [0.1, 0.15) is 6.61 Å². The summed E-state index contributed by atoms with van der Waals surface area (Å²) < 4.78 is 15.0. The first-order valence-corrected chi connectivity index (χ1v) is 5.64. The Morgan fingerprint density at radius 2 is 1.85 bits per heavy atom. The van der Waals surface area contributed by atoms with Gasteiger partial charge in [-0.1, -0.05) is 0 Å². The van der Waals surface area contributed by atoms with Crippen molar-refractivity contribution in [2.75, 3.05) is 12.8 Å². The molecule has 0 unspecified atom stereocenters. The fourth-order valence-corrected chi connectivity index (χ4v) is 0.803. The Balaban J connectivity index is 3.80. The number of hydrogen-bond donors (Lipinski definition) is 2. The van der Waals surface area contributed by atoms with Crippen LogP contribution in [0.1, 0.15) is 20.8 Å². The van der Waals surface area contributed by atoms with Crippen LogP contribution in [0.25, 0.3) is 0 Å². The molecule has 0 amide bonds. The molecule has 0 aromatic heterocycles. The topological polar surface area (TPSA) is 83.8 Å². The summed E-state index contributed by atoms with van der Waals surface area (Å²) in [5.74, 6) is -0.457. The molecule has 13 heavy (non-hydrogen) atoms. The zero-order chi connectivity index (χ0) is 10.7. The van der Waals surface area contributed by atoms with E-state index < -0.39 is 25.1 Å². The largest absolute Gasteiger partial charge is 0.465 e. The summed E-state index contributed by atoms with van der Waals surface area (Å²) in [6.07, 6.45) is -0.422. The summed E-state index contributed by atoms with van der Waals surface area (Å²) in [4.78, 5) is 28.0. The van der Waals surface area contributed by atoms with E-state index >= 15 is 0 Å². The van der Waals surface area contributed by atoms with Crippen LogP contribution in [0.2, 0.25) is 0 Å².